The van der Waals surface area contributed by atoms with Gasteiger partial charge in [0, 0.05) is 0 Å². The third-order valence-electron chi connectivity index (χ3n) is 1.85. The Morgan fingerprint density at radius 3 is 2.85 bits per heavy atom. The molecule has 0 bridgehead atoms. The molecule has 4 nitrogen and oxygen atoms in total. The van der Waals surface area contributed by atoms with Crippen LogP contribution in [0.5, 0.6) is 0 Å². The fourth-order valence-electron chi connectivity index (χ4n) is 1.27. The van der Waals surface area contributed by atoms with Crippen molar-refractivity contribution in [3.05, 3.63) is 24.5 Å². The van der Waals surface area contributed by atoms with Gasteiger partial charge in [-0.1, -0.05) is 0 Å². The van der Waals surface area contributed by atoms with Gasteiger partial charge in [-0.05, 0) is 0 Å². The van der Waals surface area contributed by atoms with Gasteiger partial charge in [0.15, 0.2) is 0 Å². The zero-order valence-electron chi connectivity index (χ0n) is 6.51. The summed E-state index contributed by atoms with van der Waals surface area (Å²) in [4.78, 5) is 8.51. The van der Waals surface area contributed by atoms with Crippen LogP contribution < -0.4 is 0 Å². The van der Waals surface area contributed by atoms with E-state index in [0.717, 1.165) is 20.8 Å². The normalized spacial score (nSPS) is 11.1. The summed E-state index contributed by atoms with van der Waals surface area (Å²) in [5.74, 6) is 0. The predicted molar refractivity (Wildman–Crippen MR) is 49.6 cm³/mol. The van der Waals surface area contributed by atoms with Gasteiger partial charge < -0.3 is 0 Å². The van der Waals surface area contributed by atoms with E-state index in [1.807, 2.05) is 12.1 Å². The molecule has 0 fully saturated rings. The number of fused-ring (bicyclic) bond motifs is 3. The predicted octanol–water partition coefficient (Wildman–Crippen LogP) is 0.630. The Bertz CT molecular complexity index is 574. The molecule has 0 aliphatic carbocycles. The topological polar surface area (TPSA) is 51.6 Å². The van der Waals surface area contributed by atoms with Gasteiger partial charge in [-0.25, -0.2) is 0 Å². The summed E-state index contributed by atoms with van der Waals surface area (Å²) in [6, 6.07) is 3.88. The minimum atomic E-state index is 0.0882. The molecule has 0 atom stereocenters. The number of hydrogen-bond donors (Lipinski definition) is 0. The molecule has 0 aliphatic heterocycles. The van der Waals surface area contributed by atoms with Gasteiger partial charge in [0.05, 0.1) is 0 Å². The molecule has 2 aromatic heterocycles. The van der Waals surface area contributed by atoms with E-state index in [9.17, 15) is 0 Å². The van der Waals surface area contributed by atoms with Crippen LogP contribution in [0.1, 0.15) is 0 Å². The van der Waals surface area contributed by atoms with Crippen LogP contribution in [0.2, 0.25) is 0 Å². The molecule has 0 saturated carbocycles. The van der Waals surface area contributed by atoms with Crippen molar-refractivity contribution in [1.82, 2.24) is 19.2 Å². The van der Waals surface area contributed by atoms with E-state index in [2.05, 4.69) is 19.2 Å². The first-order valence-corrected chi connectivity index (χ1v) is 5.39. The standard InChI is InChI=1S/C8H4N4Se/c1-2-6-8(13-12-11-6)7-5(1)9-3-4-10-7/h1-4H. The van der Waals surface area contributed by atoms with Crippen LogP contribution in [0, 0.1) is 0 Å². The second-order valence-electron chi connectivity index (χ2n) is 2.61. The molecule has 0 amide bonds. The van der Waals surface area contributed by atoms with Crippen molar-refractivity contribution in [1.29, 1.82) is 0 Å². The average Bonchev–Trinajstić information content (AvgIpc) is 2.65. The molecule has 3 rings (SSSR count). The summed E-state index contributed by atoms with van der Waals surface area (Å²) in [5, 5.41) is 4.03. The minimum absolute atomic E-state index is 0.0882. The van der Waals surface area contributed by atoms with Crippen molar-refractivity contribution in [3.8, 4) is 0 Å². The zero-order valence-corrected chi connectivity index (χ0v) is 8.22. The molecule has 0 N–H and O–H groups in total. The molecule has 3 aromatic rings. The van der Waals surface area contributed by atoms with E-state index in [4.69, 9.17) is 0 Å². The van der Waals surface area contributed by atoms with Gasteiger partial charge >= 0.3 is 79.2 Å². The first kappa shape index (κ1) is 7.12. The van der Waals surface area contributed by atoms with E-state index in [1.54, 1.807) is 12.4 Å². The first-order valence-electron chi connectivity index (χ1n) is 3.77. The monoisotopic (exact) mass is 236 g/mol. The van der Waals surface area contributed by atoms with E-state index in [1.165, 1.54) is 0 Å². The van der Waals surface area contributed by atoms with E-state index >= 15 is 0 Å². The van der Waals surface area contributed by atoms with Crippen molar-refractivity contribution >= 4 is 35.5 Å². The van der Waals surface area contributed by atoms with Gasteiger partial charge in [0.2, 0.25) is 0 Å². The summed E-state index contributed by atoms with van der Waals surface area (Å²) in [7, 11) is 0. The maximum atomic E-state index is 4.29. The Balaban J connectivity index is 2.65. The van der Waals surface area contributed by atoms with Crippen LogP contribution >= 0.6 is 0 Å². The van der Waals surface area contributed by atoms with Crippen LogP contribution in [-0.4, -0.2) is 33.9 Å². The van der Waals surface area contributed by atoms with E-state index < -0.39 is 0 Å². The van der Waals surface area contributed by atoms with Gasteiger partial charge in [0.25, 0.3) is 0 Å². The number of aromatic nitrogens is 4. The van der Waals surface area contributed by atoms with Crippen LogP contribution in [0.3, 0.4) is 0 Å². The van der Waals surface area contributed by atoms with Gasteiger partial charge in [-0.2, -0.15) is 0 Å². The number of hydrogen-bond acceptors (Lipinski definition) is 4. The van der Waals surface area contributed by atoms with Crippen molar-refractivity contribution in [2.45, 2.75) is 0 Å². The van der Waals surface area contributed by atoms with Crippen molar-refractivity contribution in [2.24, 2.45) is 0 Å². The molecule has 0 saturated heterocycles. The van der Waals surface area contributed by atoms with E-state index in [0.29, 0.717) is 0 Å². The molecule has 13 heavy (non-hydrogen) atoms. The Morgan fingerprint density at radius 1 is 1.00 bits per heavy atom. The quantitative estimate of drug-likeness (QED) is 0.536. The molecular formula is C8H4N4Se. The molecule has 2 heterocycles. The Hall–Kier alpha value is -1.32. The number of nitrogens with zero attached hydrogens (tertiary/aromatic N) is 4. The zero-order chi connectivity index (χ0) is 8.67. The second kappa shape index (κ2) is 2.58. The molecule has 0 spiro atoms. The third-order valence-corrected chi connectivity index (χ3v) is 3.42. The number of rotatable bonds is 0. The Labute approximate surface area is 79.6 Å². The molecular weight excluding hydrogens is 231 g/mol. The molecule has 0 radical (unpaired) electrons. The van der Waals surface area contributed by atoms with Crippen molar-refractivity contribution < 1.29 is 0 Å². The van der Waals surface area contributed by atoms with Crippen molar-refractivity contribution in [3.63, 3.8) is 0 Å². The molecule has 0 unspecified atom stereocenters. The SMILES string of the molecule is c1cnc2c(ccc3nn[se]c32)n1. The van der Waals surface area contributed by atoms with Gasteiger partial charge in [0.1, 0.15) is 0 Å². The second-order valence-corrected chi connectivity index (χ2v) is 4.19. The summed E-state index contributed by atoms with van der Waals surface area (Å²) in [6.07, 6.45) is 3.40. The van der Waals surface area contributed by atoms with Crippen LogP contribution in [-0.2, 0) is 0 Å². The molecule has 0 aliphatic rings. The van der Waals surface area contributed by atoms with Gasteiger partial charge in [-0.15, -0.1) is 0 Å². The Morgan fingerprint density at radius 2 is 1.85 bits per heavy atom. The number of benzene rings is 1. The van der Waals surface area contributed by atoms with Crippen LogP contribution in [0.25, 0.3) is 20.8 Å². The first-order chi connectivity index (χ1) is 6.45. The van der Waals surface area contributed by atoms with Gasteiger partial charge in [-0.3, -0.25) is 0 Å². The fourth-order valence-corrected chi connectivity index (χ4v) is 2.65. The molecule has 5 heteroatoms. The van der Waals surface area contributed by atoms with Crippen molar-refractivity contribution in [2.75, 3.05) is 0 Å². The maximum absolute atomic E-state index is 4.29. The Kier molecular flexibility index (Phi) is 1.41. The summed E-state index contributed by atoms with van der Waals surface area (Å²) in [5.41, 5.74) is 2.83. The molecule has 1 aromatic carbocycles. The third kappa shape index (κ3) is 0.978. The summed E-state index contributed by atoms with van der Waals surface area (Å²) >= 11 is 0.0882. The average molecular weight is 235 g/mol. The van der Waals surface area contributed by atoms with Crippen LogP contribution in [0.4, 0.5) is 0 Å². The summed E-state index contributed by atoms with van der Waals surface area (Å²) < 4.78 is 5.17. The van der Waals surface area contributed by atoms with E-state index in [-0.39, 0.29) is 14.7 Å². The summed E-state index contributed by atoms with van der Waals surface area (Å²) in [6.45, 7) is 0. The molecule has 62 valence electrons. The fraction of sp³-hybridized carbons (Fsp3) is 0. The van der Waals surface area contributed by atoms with Crippen LogP contribution in [0.15, 0.2) is 24.5 Å².